The van der Waals surface area contributed by atoms with Crippen LogP contribution >= 0.6 is 0 Å². The van der Waals surface area contributed by atoms with Crippen LogP contribution in [-0.2, 0) is 4.79 Å². The van der Waals surface area contributed by atoms with Crippen molar-refractivity contribution in [1.29, 1.82) is 0 Å². The average Bonchev–Trinajstić information content (AvgIpc) is 2.61. The molecule has 2 rings (SSSR count). The van der Waals surface area contributed by atoms with Crippen LogP contribution in [0.2, 0.25) is 0 Å². The predicted octanol–water partition coefficient (Wildman–Crippen LogP) is 4.38. The van der Waals surface area contributed by atoms with Crippen LogP contribution in [0.4, 0.5) is 0 Å². The van der Waals surface area contributed by atoms with Crippen LogP contribution < -0.4 is 10.1 Å². The fourth-order valence-electron chi connectivity index (χ4n) is 2.54. The van der Waals surface area contributed by atoms with Gasteiger partial charge in [0.25, 0.3) is 5.91 Å². The van der Waals surface area contributed by atoms with E-state index in [1.165, 1.54) is 16.7 Å². The lowest BCUT2D eigenvalue weighted by atomic mass is 10.0. The predicted molar refractivity (Wildman–Crippen MR) is 98.5 cm³/mol. The molecule has 24 heavy (non-hydrogen) atoms. The van der Waals surface area contributed by atoms with E-state index in [-0.39, 0.29) is 11.8 Å². The molecule has 2 aromatic carbocycles. The number of carbonyl (C=O) groups is 1. The summed E-state index contributed by atoms with van der Waals surface area (Å²) >= 11 is 0. The molecule has 0 aliphatic rings. The molecular weight excluding hydrogens is 298 g/mol. The highest BCUT2D eigenvalue weighted by atomic mass is 16.5. The molecule has 0 saturated carbocycles. The highest BCUT2D eigenvalue weighted by Gasteiger charge is 2.19. The number of carbonyl (C=O) groups excluding carboxylic acids is 1. The molecule has 1 amide bonds. The first kappa shape index (κ1) is 18.1. The molecule has 3 nitrogen and oxygen atoms in total. The Hall–Kier alpha value is -2.29. The zero-order valence-corrected chi connectivity index (χ0v) is 15.0. The largest absolute Gasteiger partial charge is 0.481 e. The highest BCUT2D eigenvalue weighted by molar-refractivity contribution is 5.81. The van der Waals surface area contributed by atoms with Gasteiger partial charge in [-0.05, 0) is 55.0 Å². The Labute approximate surface area is 145 Å². The first-order chi connectivity index (χ1) is 11.5. The topological polar surface area (TPSA) is 38.3 Å². The number of aryl methyl sites for hydroxylation is 2. The van der Waals surface area contributed by atoms with E-state index in [0.29, 0.717) is 13.0 Å². The van der Waals surface area contributed by atoms with Crippen LogP contribution in [0.25, 0.3) is 0 Å². The van der Waals surface area contributed by atoms with E-state index in [1.807, 2.05) is 50.2 Å². The first-order valence-electron chi connectivity index (χ1n) is 8.57. The fourth-order valence-corrected chi connectivity index (χ4v) is 2.54. The second-order valence-electron chi connectivity index (χ2n) is 6.32. The summed E-state index contributed by atoms with van der Waals surface area (Å²) in [6.07, 6.45) is 0.174. The minimum Gasteiger partial charge on any atom is -0.481 e. The summed E-state index contributed by atoms with van der Waals surface area (Å²) in [5, 5.41) is 3.01. The zero-order chi connectivity index (χ0) is 17.5. The van der Waals surface area contributed by atoms with Crippen LogP contribution in [0.5, 0.6) is 5.75 Å². The van der Waals surface area contributed by atoms with Gasteiger partial charge >= 0.3 is 0 Å². The summed E-state index contributed by atoms with van der Waals surface area (Å²) in [5.74, 6) is 0.962. The van der Waals surface area contributed by atoms with Crippen LogP contribution in [-0.4, -0.2) is 18.6 Å². The van der Waals surface area contributed by atoms with Crippen LogP contribution in [0.15, 0.2) is 48.5 Å². The number of amides is 1. The molecule has 2 aromatic rings. The lowest BCUT2D eigenvalue weighted by Crippen LogP contribution is -2.39. The number of ether oxygens (including phenoxy) is 1. The van der Waals surface area contributed by atoms with E-state index in [0.717, 1.165) is 5.75 Å². The molecule has 0 bridgehead atoms. The minimum atomic E-state index is -0.463. The summed E-state index contributed by atoms with van der Waals surface area (Å²) < 4.78 is 5.89. The summed E-state index contributed by atoms with van der Waals surface area (Å²) in [5.41, 5.74) is 3.61. The Morgan fingerprint density at radius 3 is 2.42 bits per heavy atom. The van der Waals surface area contributed by atoms with Gasteiger partial charge in [-0.2, -0.15) is 0 Å². The molecule has 0 aliphatic carbocycles. The molecule has 0 aliphatic heterocycles. The maximum atomic E-state index is 12.4. The average molecular weight is 325 g/mol. The van der Waals surface area contributed by atoms with Crippen molar-refractivity contribution in [3.05, 3.63) is 65.2 Å². The maximum Gasteiger partial charge on any atom is 0.261 e. The van der Waals surface area contributed by atoms with Gasteiger partial charge in [0.2, 0.25) is 0 Å². The van der Waals surface area contributed by atoms with Gasteiger partial charge < -0.3 is 10.1 Å². The summed E-state index contributed by atoms with van der Waals surface area (Å²) in [4.78, 5) is 12.4. The summed E-state index contributed by atoms with van der Waals surface area (Å²) in [6, 6.07) is 16.1. The third-order valence-electron chi connectivity index (χ3n) is 4.37. The quantitative estimate of drug-likeness (QED) is 0.820. The summed E-state index contributed by atoms with van der Waals surface area (Å²) in [6.45, 7) is 8.79. The molecule has 128 valence electrons. The van der Waals surface area contributed by atoms with Gasteiger partial charge in [-0.15, -0.1) is 0 Å². The van der Waals surface area contributed by atoms with Gasteiger partial charge in [-0.25, -0.2) is 0 Å². The number of rotatable bonds is 7. The van der Waals surface area contributed by atoms with Gasteiger partial charge in [0.05, 0.1) is 0 Å². The SMILES string of the molecule is CC[C@@H](Oc1ccc(C)c(C)c1)C(=O)NC[C@H](C)c1ccccc1. The second-order valence-corrected chi connectivity index (χ2v) is 6.32. The Kier molecular flexibility index (Phi) is 6.42. The third-order valence-corrected chi connectivity index (χ3v) is 4.37. The molecule has 0 radical (unpaired) electrons. The normalized spacial score (nSPS) is 13.2. The van der Waals surface area contributed by atoms with Crippen molar-refractivity contribution in [2.24, 2.45) is 0 Å². The van der Waals surface area contributed by atoms with Crippen molar-refractivity contribution in [1.82, 2.24) is 5.32 Å². The van der Waals surface area contributed by atoms with Gasteiger partial charge in [-0.3, -0.25) is 4.79 Å². The van der Waals surface area contributed by atoms with Gasteiger partial charge in [0, 0.05) is 6.54 Å². The number of nitrogens with one attached hydrogen (secondary N) is 1. The van der Waals surface area contributed by atoms with Crippen molar-refractivity contribution in [2.45, 2.75) is 46.1 Å². The molecule has 0 spiro atoms. The molecule has 0 heterocycles. The monoisotopic (exact) mass is 325 g/mol. The first-order valence-corrected chi connectivity index (χ1v) is 8.57. The molecule has 3 heteroatoms. The van der Waals surface area contributed by atoms with E-state index in [2.05, 4.69) is 31.3 Å². The molecule has 0 saturated heterocycles. The second kappa shape index (κ2) is 8.53. The molecule has 0 unspecified atom stereocenters. The molecule has 0 fully saturated rings. The van der Waals surface area contributed by atoms with Gasteiger partial charge in [-0.1, -0.05) is 50.2 Å². The van der Waals surface area contributed by atoms with Crippen LogP contribution in [0.1, 0.15) is 42.9 Å². The summed E-state index contributed by atoms with van der Waals surface area (Å²) in [7, 11) is 0. The highest BCUT2D eigenvalue weighted by Crippen LogP contribution is 2.19. The van der Waals surface area contributed by atoms with Crippen molar-refractivity contribution in [3.63, 3.8) is 0 Å². The smallest absolute Gasteiger partial charge is 0.261 e. The molecule has 2 atom stereocenters. The lowest BCUT2D eigenvalue weighted by molar-refractivity contribution is -0.128. The van der Waals surface area contributed by atoms with Crippen LogP contribution in [0.3, 0.4) is 0 Å². The number of benzene rings is 2. The van der Waals surface area contributed by atoms with Gasteiger partial charge in [0.15, 0.2) is 6.10 Å². The Balaban J connectivity index is 1.92. The fraction of sp³-hybridized carbons (Fsp3) is 0.381. The van der Waals surface area contributed by atoms with E-state index in [1.54, 1.807) is 0 Å². The molecule has 0 aromatic heterocycles. The van der Waals surface area contributed by atoms with E-state index in [4.69, 9.17) is 4.74 Å². The van der Waals surface area contributed by atoms with Gasteiger partial charge in [0.1, 0.15) is 5.75 Å². The zero-order valence-electron chi connectivity index (χ0n) is 15.0. The van der Waals surface area contributed by atoms with Crippen molar-refractivity contribution in [3.8, 4) is 5.75 Å². The Morgan fingerprint density at radius 2 is 1.79 bits per heavy atom. The number of hydrogen-bond donors (Lipinski definition) is 1. The van der Waals surface area contributed by atoms with E-state index < -0.39 is 6.10 Å². The van der Waals surface area contributed by atoms with Crippen molar-refractivity contribution in [2.75, 3.05) is 6.54 Å². The molecule has 1 N–H and O–H groups in total. The Bertz CT molecular complexity index is 667. The van der Waals surface area contributed by atoms with E-state index in [9.17, 15) is 4.79 Å². The van der Waals surface area contributed by atoms with Crippen molar-refractivity contribution >= 4 is 5.91 Å². The minimum absolute atomic E-state index is 0.0569. The maximum absolute atomic E-state index is 12.4. The van der Waals surface area contributed by atoms with Crippen molar-refractivity contribution < 1.29 is 9.53 Å². The number of hydrogen-bond acceptors (Lipinski definition) is 2. The van der Waals surface area contributed by atoms with Crippen LogP contribution in [0, 0.1) is 13.8 Å². The lowest BCUT2D eigenvalue weighted by Gasteiger charge is -2.19. The third kappa shape index (κ3) is 4.85. The Morgan fingerprint density at radius 1 is 1.08 bits per heavy atom. The van der Waals surface area contributed by atoms with E-state index >= 15 is 0 Å². The molecular formula is C21H27NO2. The standard InChI is InChI=1S/C21H27NO2/c1-5-20(24-19-12-11-15(2)16(3)13-19)21(23)22-14-17(4)18-9-7-6-8-10-18/h6-13,17,20H,5,14H2,1-4H3,(H,22,23)/t17-,20+/m0/s1.